The zero-order valence-corrected chi connectivity index (χ0v) is 44.2. The average Bonchev–Trinajstić information content (AvgIpc) is 3.35. The molecule has 1 heterocycles. The van der Waals surface area contributed by atoms with Crippen LogP contribution in [-0.2, 0) is 54.4 Å². The Balaban J connectivity index is 2.70. The minimum Gasteiger partial charge on any atom is -0.481 e. The molecule has 1 aliphatic heterocycles. The first kappa shape index (κ1) is 65.2. The molecule has 0 aliphatic carbocycles. The summed E-state index contributed by atoms with van der Waals surface area (Å²) in [5, 5.41) is 38.6. The van der Waals surface area contributed by atoms with Crippen LogP contribution in [0.5, 0.6) is 0 Å². The first-order valence-electron chi connectivity index (χ1n) is 26.6. The van der Waals surface area contributed by atoms with Gasteiger partial charge in [-0.3, -0.25) is 47.9 Å². The van der Waals surface area contributed by atoms with Crippen LogP contribution in [0.1, 0.15) is 135 Å². The molecule has 7 amide bonds. The number of aliphatic hydroxyl groups is 1. The monoisotopic (exact) mass is 1060 g/mol. The molecule has 23 heteroatoms. The van der Waals surface area contributed by atoms with Gasteiger partial charge in [0.05, 0.1) is 24.6 Å². The topological polar surface area (TPSA) is 399 Å². The first-order valence-corrected chi connectivity index (χ1v) is 26.6. The van der Waals surface area contributed by atoms with Gasteiger partial charge in [-0.25, -0.2) is 0 Å². The lowest BCUT2D eigenvalue weighted by atomic mass is 9.89. The molecule has 1 aromatic carbocycles. The molecule has 0 aromatic heterocycles. The molecule has 23 nitrogen and oxygen atoms in total. The number of rotatable bonds is 27. The number of hydrogen-bond donors (Lipinski definition) is 13. The summed E-state index contributed by atoms with van der Waals surface area (Å²) in [6.45, 7) is 5.06. The summed E-state index contributed by atoms with van der Waals surface area (Å²) in [5.74, 6) is -10.5. The van der Waals surface area contributed by atoms with Gasteiger partial charge in [0, 0.05) is 37.6 Å². The zero-order chi connectivity index (χ0) is 55.9. The second kappa shape index (κ2) is 36.2. The van der Waals surface area contributed by atoms with E-state index in [4.69, 9.17) is 22.9 Å². The number of carbonyl (C=O) groups excluding carboxylic acids is 9. The fraction of sp³-hybridized carbons (Fsp3) is 0.692. The normalized spacial score (nSPS) is 22.9. The van der Waals surface area contributed by atoms with Crippen LogP contribution in [-0.4, -0.2) is 144 Å². The number of carbonyl (C=O) groups is 10. The summed E-state index contributed by atoms with van der Waals surface area (Å²) in [6, 6.07) is 0.937. The summed E-state index contributed by atoms with van der Waals surface area (Å²) in [5.41, 5.74) is 24.2. The lowest BCUT2D eigenvalue weighted by Crippen LogP contribution is -2.59. The third-order valence-corrected chi connectivity index (χ3v) is 13.0. The molecule has 2 rings (SSSR count). The van der Waals surface area contributed by atoms with Gasteiger partial charge in [0.2, 0.25) is 41.4 Å². The molecule has 75 heavy (non-hydrogen) atoms. The maximum atomic E-state index is 14.4. The molecule has 0 radical (unpaired) electrons. The van der Waals surface area contributed by atoms with E-state index in [9.17, 15) is 58.2 Å². The number of amides is 7. The van der Waals surface area contributed by atoms with Gasteiger partial charge in [0.1, 0.15) is 24.2 Å². The largest absolute Gasteiger partial charge is 0.481 e. The van der Waals surface area contributed by atoms with Crippen LogP contribution >= 0.6 is 0 Å². The average molecular weight is 1060 g/mol. The molecule has 17 N–H and O–H groups in total. The van der Waals surface area contributed by atoms with E-state index in [-0.39, 0.29) is 90.0 Å². The van der Waals surface area contributed by atoms with Crippen molar-refractivity contribution in [2.24, 2.45) is 40.7 Å². The first-order chi connectivity index (χ1) is 35.8. The van der Waals surface area contributed by atoms with Crippen molar-refractivity contribution >= 4 is 58.9 Å². The van der Waals surface area contributed by atoms with Crippen molar-refractivity contribution in [1.29, 1.82) is 0 Å². The van der Waals surface area contributed by atoms with E-state index in [1.165, 1.54) is 0 Å². The molecule has 1 saturated heterocycles. The van der Waals surface area contributed by atoms with Gasteiger partial charge < -0.3 is 70.4 Å². The summed E-state index contributed by atoms with van der Waals surface area (Å²) in [6.07, 6.45) is 1.46. The van der Waals surface area contributed by atoms with Gasteiger partial charge in [0.25, 0.3) is 0 Å². The van der Waals surface area contributed by atoms with E-state index in [1.807, 2.05) is 13.8 Å². The number of unbranched alkanes of at least 4 members (excludes halogenated alkanes) is 4. The van der Waals surface area contributed by atoms with Crippen molar-refractivity contribution in [3.05, 3.63) is 35.9 Å². The standard InChI is InChI=1S/C52H87N11O12/c1-4-5-6-7-11-14-36(64)31-45(67)58-37(17-22-53)43(65)29-34-21-26-57-49(72)39(15-16-46(68)69)60-50(73)40(19-24-55)61-51(74)41(20-25-56)62-52(75)42(27-32(2)3)63-48(71)35(28-33-12-9-8-10-13-33)30-44(66)38(18-23-54)59-47(34)70/h8-10,12-13,32,34-42,64H,4-7,11,14-31,53-56H2,1-3H3,(H,57,72)(H,58,67)(H,59,70)(H,60,73)(H,61,74)(H,62,75)(H,63,71)(H,68,69)/t34-,35+,36-,37-,38+,39+,40+,41+,42+/m1/s1. The Kier molecular flexibility index (Phi) is 31.5. The van der Waals surface area contributed by atoms with Crippen molar-refractivity contribution in [2.75, 3.05) is 32.7 Å². The maximum absolute atomic E-state index is 14.4. The fourth-order valence-corrected chi connectivity index (χ4v) is 8.77. The van der Waals surface area contributed by atoms with Gasteiger partial charge in [-0.2, -0.15) is 0 Å². The number of benzene rings is 1. The van der Waals surface area contributed by atoms with Crippen molar-refractivity contribution in [2.45, 2.75) is 179 Å². The Labute approximate surface area is 441 Å². The van der Waals surface area contributed by atoms with Gasteiger partial charge >= 0.3 is 5.97 Å². The number of nitrogens with one attached hydrogen (secondary N) is 7. The highest BCUT2D eigenvalue weighted by Crippen LogP contribution is 2.20. The number of carboxylic acid groups (broad SMARTS) is 1. The summed E-state index contributed by atoms with van der Waals surface area (Å²) < 4.78 is 0. The molecule has 0 spiro atoms. The molecular weight excluding hydrogens is 971 g/mol. The molecule has 1 aliphatic rings. The highest BCUT2D eigenvalue weighted by Gasteiger charge is 2.36. The van der Waals surface area contributed by atoms with Gasteiger partial charge in [0.15, 0.2) is 11.6 Å². The summed E-state index contributed by atoms with van der Waals surface area (Å²) in [7, 11) is 0. The Morgan fingerprint density at radius 2 is 1.19 bits per heavy atom. The minimum absolute atomic E-state index is 0.0220. The summed E-state index contributed by atoms with van der Waals surface area (Å²) in [4.78, 5) is 138. The predicted molar refractivity (Wildman–Crippen MR) is 281 cm³/mol. The SMILES string of the molecule is CCCCCCC[C@@H](O)CC(=O)N[C@H](CCN)C(=O)C[C@H]1CCNC(=O)[C@H](CCC(=O)O)NC(=O)[C@H](CCN)NC(=O)[C@H](CCN)NC(=O)[C@H](CC(C)C)NC(=O)[C@@H](Cc2ccccc2)CC(=O)[C@H](CCN)NC1=O. The molecule has 0 bridgehead atoms. The molecule has 9 atom stereocenters. The van der Waals surface area contributed by atoms with E-state index in [0.717, 1.165) is 25.7 Å². The van der Waals surface area contributed by atoms with Crippen LogP contribution in [0.25, 0.3) is 0 Å². The van der Waals surface area contributed by atoms with Crippen LogP contribution in [0.2, 0.25) is 0 Å². The maximum Gasteiger partial charge on any atom is 0.303 e. The zero-order valence-electron chi connectivity index (χ0n) is 44.2. The van der Waals surface area contributed by atoms with E-state index >= 15 is 0 Å². The molecule has 0 saturated carbocycles. The summed E-state index contributed by atoms with van der Waals surface area (Å²) >= 11 is 0. The molecule has 422 valence electrons. The third-order valence-electron chi connectivity index (χ3n) is 13.0. The number of aliphatic carboxylic acids is 1. The lowest BCUT2D eigenvalue weighted by molar-refractivity contribution is -0.138. The van der Waals surface area contributed by atoms with Crippen molar-refractivity contribution in [1.82, 2.24) is 37.2 Å². The molecule has 0 unspecified atom stereocenters. The molecular formula is C52H87N11O12. The molecule has 1 aromatic rings. The van der Waals surface area contributed by atoms with E-state index in [1.54, 1.807) is 30.3 Å². The Morgan fingerprint density at radius 3 is 1.75 bits per heavy atom. The van der Waals surface area contributed by atoms with E-state index in [2.05, 4.69) is 44.1 Å². The number of aliphatic hydroxyl groups excluding tert-OH is 1. The third kappa shape index (κ3) is 25.5. The number of carboxylic acids is 1. The second-order valence-electron chi connectivity index (χ2n) is 19.9. The minimum atomic E-state index is -1.49. The van der Waals surface area contributed by atoms with E-state index in [0.29, 0.717) is 18.4 Å². The Morgan fingerprint density at radius 1 is 0.653 bits per heavy atom. The van der Waals surface area contributed by atoms with Crippen LogP contribution < -0.4 is 60.2 Å². The highest BCUT2D eigenvalue weighted by atomic mass is 16.4. The van der Waals surface area contributed by atoms with Crippen molar-refractivity contribution in [3.63, 3.8) is 0 Å². The number of nitrogens with two attached hydrogens (primary N) is 4. The van der Waals surface area contributed by atoms with Crippen LogP contribution in [0.15, 0.2) is 30.3 Å². The second-order valence-corrected chi connectivity index (χ2v) is 19.9. The smallest absolute Gasteiger partial charge is 0.303 e. The predicted octanol–water partition coefficient (Wildman–Crippen LogP) is -0.774. The van der Waals surface area contributed by atoms with Crippen LogP contribution in [0, 0.1) is 17.8 Å². The van der Waals surface area contributed by atoms with Crippen LogP contribution in [0.3, 0.4) is 0 Å². The fourth-order valence-electron chi connectivity index (χ4n) is 8.77. The Hall–Kier alpha value is -5.88. The van der Waals surface area contributed by atoms with Crippen LogP contribution in [0.4, 0.5) is 0 Å². The van der Waals surface area contributed by atoms with Crippen molar-refractivity contribution < 1.29 is 58.2 Å². The number of hydrogen-bond acceptors (Lipinski definition) is 15. The molecule has 1 fully saturated rings. The Bertz CT molecular complexity index is 1990. The number of ketones is 2. The van der Waals surface area contributed by atoms with Gasteiger partial charge in [-0.1, -0.05) is 83.2 Å². The van der Waals surface area contributed by atoms with Crippen molar-refractivity contribution in [3.8, 4) is 0 Å². The highest BCUT2D eigenvalue weighted by molar-refractivity contribution is 5.98. The lowest BCUT2D eigenvalue weighted by Gasteiger charge is -2.27. The van der Waals surface area contributed by atoms with Gasteiger partial charge in [-0.05, 0) is 95.4 Å². The van der Waals surface area contributed by atoms with E-state index < -0.39 is 139 Å². The van der Waals surface area contributed by atoms with Gasteiger partial charge in [-0.15, -0.1) is 0 Å². The number of Topliss-reactive ketones (excluding diaryl/α,β-unsaturated/α-hetero) is 2. The quantitative estimate of drug-likeness (QED) is 0.0481.